The molecule has 1 aromatic carbocycles. The summed E-state index contributed by atoms with van der Waals surface area (Å²) in [5, 5.41) is 10.2. The number of thiazole rings is 1. The molecule has 7 heteroatoms. The third kappa shape index (κ3) is 2.43. The zero-order valence-corrected chi connectivity index (χ0v) is 11.4. The Hall–Kier alpha value is -1.11. The van der Waals surface area contributed by atoms with Crippen molar-refractivity contribution in [3.05, 3.63) is 33.4 Å². The van der Waals surface area contributed by atoms with Crippen molar-refractivity contribution in [1.29, 1.82) is 0 Å². The number of nitrogens with zero attached hydrogens (tertiary/aromatic N) is 1. The van der Waals surface area contributed by atoms with Gasteiger partial charge in [0.2, 0.25) is 0 Å². The number of benzene rings is 1. The van der Waals surface area contributed by atoms with Gasteiger partial charge in [-0.3, -0.25) is 0 Å². The second kappa shape index (κ2) is 4.64. The highest BCUT2D eigenvalue weighted by Crippen LogP contribution is 2.33. The second-order valence-electron chi connectivity index (χ2n) is 3.17. The van der Waals surface area contributed by atoms with Crippen molar-refractivity contribution in [2.24, 2.45) is 0 Å². The molecule has 0 aliphatic heterocycles. The van der Waals surface area contributed by atoms with E-state index in [-0.39, 0.29) is 10.7 Å². The number of hydrogen-bond acceptors (Lipinski definition) is 4. The van der Waals surface area contributed by atoms with Crippen molar-refractivity contribution in [3.8, 4) is 10.6 Å². The van der Waals surface area contributed by atoms with Crippen LogP contribution in [0.4, 0.5) is 5.00 Å². The van der Waals surface area contributed by atoms with Gasteiger partial charge in [0.1, 0.15) is 10.0 Å². The number of aromatic carboxylic acids is 1. The van der Waals surface area contributed by atoms with Gasteiger partial charge in [-0.2, -0.15) is 0 Å². The Labute approximate surface area is 114 Å². The predicted octanol–water partition coefficient (Wildman–Crippen LogP) is 3.51. The van der Waals surface area contributed by atoms with Crippen LogP contribution in [0.15, 0.2) is 22.7 Å². The van der Waals surface area contributed by atoms with Gasteiger partial charge in [0.25, 0.3) is 0 Å². The fourth-order valence-electron chi connectivity index (χ4n) is 1.24. The van der Waals surface area contributed by atoms with Gasteiger partial charge in [-0.1, -0.05) is 29.0 Å². The summed E-state index contributed by atoms with van der Waals surface area (Å²) in [6.07, 6.45) is 0. The molecule has 0 fully saturated rings. The van der Waals surface area contributed by atoms with Crippen LogP contribution in [-0.2, 0) is 0 Å². The molecule has 0 aliphatic carbocycles. The predicted molar refractivity (Wildman–Crippen MR) is 71.6 cm³/mol. The molecule has 1 aromatic heterocycles. The maximum absolute atomic E-state index is 10.8. The molecule has 0 spiro atoms. The molecule has 0 amide bonds. The van der Waals surface area contributed by atoms with Gasteiger partial charge in [-0.05, 0) is 28.1 Å². The lowest BCUT2D eigenvalue weighted by molar-refractivity contribution is 0.0692. The Morgan fingerprint density at radius 3 is 2.76 bits per heavy atom. The first-order chi connectivity index (χ1) is 7.99. The Kier molecular flexibility index (Phi) is 3.37. The number of rotatable bonds is 2. The van der Waals surface area contributed by atoms with Crippen LogP contribution in [-0.4, -0.2) is 16.1 Å². The molecule has 0 bridgehead atoms. The number of nitrogen functional groups attached to an aromatic ring is 1. The van der Waals surface area contributed by atoms with Crippen molar-refractivity contribution in [2.45, 2.75) is 0 Å². The number of anilines is 1. The molecule has 3 N–H and O–H groups in total. The molecular formula is C10H6BrClN2O2S. The van der Waals surface area contributed by atoms with E-state index in [2.05, 4.69) is 20.9 Å². The van der Waals surface area contributed by atoms with Crippen molar-refractivity contribution < 1.29 is 9.90 Å². The quantitative estimate of drug-likeness (QED) is 0.882. The minimum atomic E-state index is -1.13. The summed E-state index contributed by atoms with van der Waals surface area (Å²) in [6, 6.07) is 5.24. The Balaban J connectivity index is 2.50. The van der Waals surface area contributed by atoms with E-state index in [4.69, 9.17) is 22.4 Å². The Morgan fingerprint density at radius 1 is 1.53 bits per heavy atom. The number of hydrogen-bond donors (Lipinski definition) is 2. The lowest BCUT2D eigenvalue weighted by atomic mass is 10.2. The molecule has 0 atom stereocenters. The van der Waals surface area contributed by atoms with Gasteiger partial charge in [0, 0.05) is 10.0 Å². The monoisotopic (exact) mass is 332 g/mol. The molecule has 2 aromatic rings. The molecule has 0 unspecified atom stereocenters. The Bertz CT molecular complexity index is 600. The number of carboxylic acids is 1. The van der Waals surface area contributed by atoms with Crippen LogP contribution in [0.5, 0.6) is 0 Å². The number of carboxylic acid groups (broad SMARTS) is 1. The van der Waals surface area contributed by atoms with Crippen LogP contribution in [0.1, 0.15) is 10.5 Å². The fourth-order valence-corrected chi connectivity index (χ4v) is 2.55. The number of aromatic nitrogens is 1. The Morgan fingerprint density at radius 2 is 2.24 bits per heavy atom. The van der Waals surface area contributed by atoms with E-state index in [9.17, 15) is 4.79 Å². The largest absolute Gasteiger partial charge is 0.476 e. The minimum Gasteiger partial charge on any atom is -0.476 e. The number of carbonyl (C=O) groups is 1. The van der Waals surface area contributed by atoms with E-state index in [0.29, 0.717) is 10.0 Å². The van der Waals surface area contributed by atoms with E-state index in [0.717, 1.165) is 21.4 Å². The molecule has 0 saturated heterocycles. The van der Waals surface area contributed by atoms with Crippen molar-refractivity contribution in [1.82, 2.24) is 4.98 Å². The molecule has 88 valence electrons. The van der Waals surface area contributed by atoms with Crippen molar-refractivity contribution in [2.75, 3.05) is 5.73 Å². The summed E-state index contributed by atoms with van der Waals surface area (Å²) >= 11 is 10.3. The van der Waals surface area contributed by atoms with Gasteiger partial charge in [-0.25, -0.2) is 9.78 Å². The average molecular weight is 334 g/mol. The van der Waals surface area contributed by atoms with Crippen LogP contribution < -0.4 is 5.73 Å². The van der Waals surface area contributed by atoms with Gasteiger partial charge < -0.3 is 10.8 Å². The van der Waals surface area contributed by atoms with Gasteiger partial charge in [0.15, 0.2) is 5.69 Å². The summed E-state index contributed by atoms with van der Waals surface area (Å²) in [4.78, 5) is 14.8. The molecule has 0 aliphatic rings. The molecule has 4 nitrogen and oxygen atoms in total. The zero-order chi connectivity index (χ0) is 12.6. The van der Waals surface area contributed by atoms with E-state index in [1.807, 2.05) is 0 Å². The number of halogens is 2. The number of nitrogens with two attached hydrogens (primary N) is 1. The molecule has 1 heterocycles. The van der Waals surface area contributed by atoms with Gasteiger partial charge in [-0.15, -0.1) is 0 Å². The van der Waals surface area contributed by atoms with Crippen molar-refractivity contribution >= 4 is 49.8 Å². The fraction of sp³-hybridized carbons (Fsp3) is 0. The molecule has 0 saturated carbocycles. The molecule has 2 rings (SSSR count). The third-order valence-electron chi connectivity index (χ3n) is 2.02. The highest BCUT2D eigenvalue weighted by Gasteiger charge is 2.16. The highest BCUT2D eigenvalue weighted by atomic mass is 79.9. The highest BCUT2D eigenvalue weighted by molar-refractivity contribution is 9.10. The molecule has 17 heavy (non-hydrogen) atoms. The summed E-state index contributed by atoms with van der Waals surface area (Å²) in [7, 11) is 0. The maximum atomic E-state index is 10.8. The smallest absolute Gasteiger partial charge is 0.357 e. The van der Waals surface area contributed by atoms with E-state index < -0.39 is 5.97 Å². The first kappa shape index (κ1) is 12.3. The van der Waals surface area contributed by atoms with E-state index >= 15 is 0 Å². The van der Waals surface area contributed by atoms with Crippen molar-refractivity contribution in [3.63, 3.8) is 0 Å². The molecule has 0 radical (unpaired) electrons. The second-order valence-corrected chi connectivity index (χ2v) is 5.46. The minimum absolute atomic E-state index is 0.115. The first-order valence-electron chi connectivity index (χ1n) is 4.44. The lowest BCUT2D eigenvalue weighted by Gasteiger charge is -1.98. The standard InChI is InChI=1S/C10H6BrClN2O2S/c11-5-3-4(1-2-6(5)12)9-14-7(10(15)16)8(13)17-9/h1-3H,13H2,(H,15,16). The van der Waals surface area contributed by atoms with Crippen LogP contribution in [0, 0.1) is 0 Å². The van der Waals surface area contributed by atoms with Crippen LogP contribution >= 0.6 is 38.9 Å². The normalized spacial score (nSPS) is 10.5. The maximum Gasteiger partial charge on any atom is 0.357 e. The van der Waals surface area contributed by atoms with Crippen LogP contribution in [0.3, 0.4) is 0 Å². The summed E-state index contributed by atoms with van der Waals surface area (Å²) in [5.41, 5.74) is 6.24. The average Bonchev–Trinajstić information content (AvgIpc) is 2.64. The third-order valence-corrected chi connectivity index (χ3v) is 4.17. The summed E-state index contributed by atoms with van der Waals surface area (Å²) in [6.45, 7) is 0. The molecular weight excluding hydrogens is 328 g/mol. The van der Waals surface area contributed by atoms with Gasteiger partial charge >= 0.3 is 5.97 Å². The first-order valence-corrected chi connectivity index (χ1v) is 6.43. The van der Waals surface area contributed by atoms with Crippen LogP contribution in [0.25, 0.3) is 10.6 Å². The summed E-state index contributed by atoms with van der Waals surface area (Å²) < 4.78 is 0.724. The SMILES string of the molecule is Nc1sc(-c2ccc(Cl)c(Br)c2)nc1C(=O)O. The zero-order valence-electron chi connectivity index (χ0n) is 8.28. The van der Waals surface area contributed by atoms with Gasteiger partial charge in [0.05, 0.1) is 5.02 Å². The lowest BCUT2D eigenvalue weighted by Crippen LogP contribution is -2.00. The van der Waals surface area contributed by atoms with E-state index in [1.165, 1.54) is 0 Å². The summed E-state index contributed by atoms with van der Waals surface area (Å²) in [5.74, 6) is -1.13. The van der Waals surface area contributed by atoms with Crippen LogP contribution in [0.2, 0.25) is 5.02 Å². The topological polar surface area (TPSA) is 76.2 Å². The van der Waals surface area contributed by atoms with E-state index in [1.54, 1.807) is 18.2 Å².